The van der Waals surface area contributed by atoms with Crippen LogP contribution in [0, 0.1) is 17.6 Å². The summed E-state index contributed by atoms with van der Waals surface area (Å²) in [4.78, 5) is 14.1. The minimum Gasteiger partial charge on any atom is -0.338 e. The standard InChI is InChI=1S/C15H15F2N3O/c1-2-9-7-20(8-9)15(21)10-6-18-19-14(10)13-11(16)4-3-5-12(13)17/h3-6,9H,2,7-8H2,1H3,(H,18,19). The molecule has 3 rings (SSSR count). The van der Waals surface area contributed by atoms with E-state index in [0.717, 1.165) is 18.6 Å². The first-order valence-corrected chi connectivity index (χ1v) is 6.88. The van der Waals surface area contributed by atoms with Crippen molar-refractivity contribution in [2.24, 2.45) is 5.92 Å². The van der Waals surface area contributed by atoms with E-state index >= 15 is 0 Å². The largest absolute Gasteiger partial charge is 0.338 e. The van der Waals surface area contributed by atoms with Gasteiger partial charge in [-0.15, -0.1) is 0 Å². The first-order chi connectivity index (χ1) is 10.1. The second-order valence-electron chi connectivity index (χ2n) is 5.24. The third kappa shape index (κ3) is 2.30. The first-order valence-electron chi connectivity index (χ1n) is 6.88. The average molecular weight is 291 g/mol. The Morgan fingerprint density at radius 3 is 2.67 bits per heavy atom. The van der Waals surface area contributed by atoms with Gasteiger partial charge in [-0.3, -0.25) is 9.89 Å². The Labute approximate surface area is 120 Å². The Bertz CT molecular complexity index is 657. The molecule has 1 amide bonds. The van der Waals surface area contributed by atoms with E-state index in [1.165, 1.54) is 12.3 Å². The van der Waals surface area contributed by atoms with Crippen LogP contribution in [0.15, 0.2) is 24.4 Å². The SMILES string of the molecule is CCC1CN(C(=O)c2cn[nH]c2-c2c(F)cccc2F)C1. The number of rotatable bonds is 3. The predicted molar refractivity (Wildman–Crippen MR) is 73.6 cm³/mol. The molecule has 1 N–H and O–H groups in total. The molecule has 0 radical (unpaired) electrons. The summed E-state index contributed by atoms with van der Waals surface area (Å²) in [5.41, 5.74) is 0.0509. The zero-order chi connectivity index (χ0) is 15.0. The molecule has 1 aliphatic heterocycles. The first kappa shape index (κ1) is 13.7. The van der Waals surface area contributed by atoms with Crippen molar-refractivity contribution in [3.8, 4) is 11.3 Å². The van der Waals surface area contributed by atoms with Gasteiger partial charge in [0.2, 0.25) is 0 Å². The van der Waals surface area contributed by atoms with Crippen molar-refractivity contribution < 1.29 is 13.6 Å². The summed E-state index contributed by atoms with van der Waals surface area (Å²) < 4.78 is 27.7. The van der Waals surface area contributed by atoms with Gasteiger partial charge >= 0.3 is 0 Å². The van der Waals surface area contributed by atoms with Crippen LogP contribution < -0.4 is 0 Å². The zero-order valence-corrected chi connectivity index (χ0v) is 11.6. The van der Waals surface area contributed by atoms with Crippen molar-refractivity contribution in [1.29, 1.82) is 0 Å². The van der Waals surface area contributed by atoms with Crippen LogP contribution in [0.4, 0.5) is 8.78 Å². The van der Waals surface area contributed by atoms with Gasteiger partial charge in [-0.05, 0) is 24.5 Å². The number of hydrogen-bond acceptors (Lipinski definition) is 2. The van der Waals surface area contributed by atoms with E-state index < -0.39 is 11.6 Å². The summed E-state index contributed by atoms with van der Waals surface area (Å²) in [7, 11) is 0. The van der Waals surface area contributed by atoms with Gasteiger partial charge in [-0.2, -0.15) is 5.10 Å². The predicted octanol–water partition coefficient (Wildman–Crippen LogP) is 2.84. The molecule has 6 heteroatoms. The maximum Gasteiger partial charge on any atom is 0.257 e. The Balaban J connectivity index is 1.93. The Hall–Kier alpha value is -2.24. The van der Waals surface area contributed by atoms with Gasteiger partial charge in [0.1, 0.15) is 11.6 Å². The lowest BCUT2D eigenvalue weighted by Gasteiger charge is -2.38. The van der Waals surface area contributed by atoms with Crippen molar-refractivity contribution in [3.05, 3.63) is 41.6 Å². The summed E-state index contributed by atoms with van der Waals surface area (Å²) in [5, 5.41) is 6.31. The third-order valence-corrected chi connectivity index (χ3v) is 3.90. The topological polar surface area (TPSA) is 49.0 Å². The van der Waals surface area contributed by atoms with Crippen LogP contribution in [0.3, 0.4) is 0 Å². The molecule has 1 fully saturated rings. The number of halogens is 2. The van der Waals surface area contributed by atoms with Crippen molar-refractivity contribution in [1.82, 2.24) is 15.1 Å². The van der Waals surface area contributed by atoms with Gasteiger partial charge in [0.25, 0.3) is 5.91 Å². The molecular weight excluding hydrogens is 276 g/mol. The summed E-state index contributed by atoms with van der Waals surface area (Å²) in [6.07, 6.45) is 2.34. The fourth-order valence-corrected chi connectivity index (χ4v) is 2.54. The number of aromatic nitrogens is 2. The zero-order valence-electron chi connectivity index (χ0n) is 11.6. The quantitative estimate of drug-likeness (QED) is 0.945. The van der Waals surface area contributed by atoms with E-state index in [-0.39, 0.29) is 22.7 Å². The lowest BCUT2D eigenvalue weighted by atomic mass is 9.96. The van der Waals surface area contributed by atoms with Crippen molar-refractivity contribution in [3.63, 3.8) is 0 Å². The number of aromatic amines is 1. The molecule has 2 heterocycles. The number of likely N-dealkylation sites (tertiary alicyclic amines) is 1. The molecule has 0 aliphatic carbocycles. The van der Waals surface area contributed by atoms with E-state index in [1.807, 2.05) is 0 Å². The number of benzene rings is 1. The van der Waals surface area contributed by atoms with E-state index in [4.69, 9.17) is 0 Å². The molecule has 21 heavy (non-hydrogen) atoms. The number of carbonyl (C=O) groups excluding carboxylic acids is 1. The molecule has 0 saturated carbocycles. The lowest BCUT2D eigenvalue weighted by molar-refractivity contribution is 0.0495. The number of hydrogen-bond donors (Lipinski definition) is 1. The highest BCUT2D eigenvalue weighted by Crippen LogP contribution is 2.29. The van der Waals surface area contributed by atoms with Crippen LogP contribution in [0.2, 0.25) is 0 Å². The Morgan fingerprint density at radius 2 is 2.05 bits per heavy atom. The fraction of sp³-hybridized carbons (Fsp3) is 0.333. The summed E-state index contributed by atoms with van der Waals surface area (Å²) in [6, 6.07) is 3.60. The van der Waals surface area contributed by atoms with Crippen LogP contribution in [-0.2, 0) is 0 Å². The molecular formula is C15H15F2N3O. The van der Waals surface area contributed by atoms with Crippen molar-refractivity contribution >= 4 is 5.91 Å². The third-order valence-electron chi connectivity index (χ3n) is 3.90. The van der Waals surface area contributed by atoms with E-state index in [1.54, 1.807) is 4.90 Å². The second-order valence-corrected chi connectivity index (χ2v) is 5.24. The van der Waals surface area contributed by atoms with Crippen LogP contribution >= 0.6 is 0 Å². The minimum atomic E-state index is -0.719. The van der Waals surface area contributed by atoms with E-state index in [0.29, 0.717) is 19.0 Å². The molecule has 0 atom stereocenters. The van der Waals surface area contributed by atoms with Gasteiger partial charge in [0.15, 0.2) is 0 Å². The molecule has 2 aromatic rings. The van der Waals surface area contributed by atoms with Gasteiger partial charge in [0.05, 0.1) is 23.0 Å². The second kappa shape index (κ2) is 5.27. The smallest absolute Gasteiger partial charge is 0.257 e. The van der Waals surface area contributed by atoms with Crippen LogP contribution in [0.25, 0.3) is 11.3 Å². The molecule has 0 bridgehead atoms. The monoisotopic (exact) mass is 291 g/mol. The highest BCUT2D eigenvalue weighted by Gasteiger charge is 2.32. The summed E-state index contributed by atoms with van der Waals surface area (Å²) in [6.45, 7) is 3.43. The van der Waals surface area contributed by atoms with Gasteiger partial charge in [0, 0.05) is 13.1 Å². The minimum absolute atomic E-state index is 0.0931. The maximum absolute atomic E-state index is 13.9. The van der Waals surface area contributed by atoms with Gasteiger partial charge in [-0.1, -0.05) is 13.0 Å². The molecule has 110 valence electrons. The van der Waals surface area contributed by atoms with E-state index in [9.17, 15) is 13.6 Å². The highest BCUT2D eigenvalue weighted by molar-refractivity contribution is 6.00. The maximum atomic E-state index is 13.9. The Morgan fingerprint density at radius 1 is 1.38 bits per heavy atom. The number of amides is 1. The number of H-pyrrole nitrogens is 1. The number of nitrogens with one attached hydrogen (secondary N) is 1. The average Bonchev–Trinajstić information content (AvgIpc) is 2.86. The highest BCUT2D eigenvalue weighted by atomic mass is 19.1. The molecule has 1 aromatic carbocycles. The lowest BCUT2D eigenvalue weighted by Crippen LogP contribution is -2.49. The van der Waals surface area contributed by atoms with Crippen LogP contribution in [-0.4, -0.2) is 34.1 Å². The normalized spacial score (nSPS) is 15.1. The van der Waals surface area contributed by atoms with Gasteiger partial charge < -0.3 is 4.90 Å². The Kier molecular flexibility index (Phi) is 3.45. The molecule has 0 spiro atoms. The fourth-order valence-electron chi connectivity index (χ4n) is 2.54. The summed E-state index contributed by atoms with van der Waals surface area (Å²) in [5.74, 6) is -1.17. The van der Waals surface area contributed by atoms with Crippen LogP contribution in [0.5, 0.6) is 0 Å². The molecule has 1 aromatic heterocycles. The molecule has 4 nitrogen and oxygen atoms in total. The van der Waals surface area contributed by atoms with Crippen molar-refractivity contribution in [2.45, 2.75) is 13.3 Å². The number of nitrogens with zero attached hydrogens (tertiary/aromatic N) is 2. The molecule has 0 unspecified atom stereocenters. The van der Waals surface area contributed by atoms with Gasteiger partial charge in [-0.25, -0.2) is 8.78 Å². The molecule has 1 aliphatic rings. The van der Waals surface area contributed by atoms with Crippen LogP contribution in [0.1, 0.15) is 23.7 Å². The van der Waals surface area contributed by atoms with Crippen molar-refractivity contribution in [2.75, 3.05) is 13.1 Å². The summed E-state index contributed by atoms with van der Waals surface area (Å²) >= 11 is 0. The number of carbonyl (C=O) groups is 1. The van der Waals surface area contributed by atoms with E-state index in [2.05, 4.69) is 17.1 Å². The molecule has 1 saturated heterocycles.